The van der Waals surface area contributed by atoms with E-state index < -0.39 is 0 Å². The van der Waals surface area contributed by atoms with Gasteiger partial charge in [-0.15, -0.1) is 0 Å². The van der Waals surface area contributed by atoms with Gasteiger partial charge < -0.3 is 10.1 Å². The summed E-state index contributed by atoms with van der Waals surface area (Å²) in [6, 6.07) is 7.02. The van der Waals surface area contributed by atoms with Crippen LogP contribution < -0.4 is 5.32 Å². The maximum Gasteiger partial charge on any atom is 0.123 e. The Morgan fingerprint density at radius 2 is 1.69 bits per heavy atom. The van der Waals surface area contributed by atoms with Gasteiger partial charge in [0.15, 0.2) is 0 Å². The lowest BCUT2D eigenvalue weighted by Crippen LogP contribution is -2.38. The Labute approximate surface area is 96.8 Å². The van der Waals surface area contributed by atoms with E-state index >= 15 is 0 Å². The number of hydrogen-bond acceptors (Lipinski definition) is 2. The van der Waals surface area contributed by atoms with Crippen molar-refractivity contribution in [2.75, 3.05) is 7.11 Å². The first-order chi connectivity index (χ1) is 7.54. The van der Waals surface area contributed by atoms with Gasteiger partial charge in [0.2, 0.25) is 0 Å². The third-order valence-electron chi connectivity index (χ3n) is 2.96. The molecular weight excluding hydrogens is 205 g/mol. The fraction of sp³-hybridized carbons (Fsp3) is 0.538. The largest absolute Gasteiger partial charge is 0.380 e. The van der Waals surface area contributed by atoms with Gasteiger partial charge in [-0.2, -0.15) is 0 Å². The van der Waals surface area contributed by atoms with Crippen molar-refractivity contribution < 1.29 is 9.13 Å². The highest BCUT2D eigenvalue weighted by atomic mass is 19.1. The second kappa shape index (κ2) is 5.97. The molecule has 0 aliphatic carbocycles. The molecule has 1 aromatic carbocycles. The van der Waals surface area contributed by atoms with Crippen molar-refractivity contribution in [2.24, 2.45) is 0 Å². The Bertz CT molecular complexity index is 312. The van der Waals surface area contributed by atoms with E-state index in [1.165, 1.54) is 12.1 Å². The van der Waals surface area contributed by atoms with Crippen molar-refractivity contribution in [3.63, 3.8) is 0 Å². The van der Waals surface area contributed by atoms with Crippen LogP contribution in [0.5, 0.6) is 0 Å². The summed E-state index contributed by atoms with van der Waals surface area (Å²) in [5, 5.41) is 3.42. The molecule has 16 heavy (non-hydrogen) atoms. The molecule has 0 aromatic heterocycles. The number of benzene rings is 1. The number of nitrogens with one attached hydrogen (secondary N) is 1. The Balaban J connectivity index is 2.58. The van der Waals surface area contributed by atoms with E-state index in [2.05, 4.69) is 19.2 Å². The zero-order chi connectivity index (χ0) is 12.1. The second-order valence-electron chi connectivity index (χ2n) is 4.17. The first-order valence-corrected chi connectivity index (χ1v) is 5.59. The maximum atomic E-state index is 12.8. The van der Waals surface area contributed by atoms with Crippen molar-refractivity contribution in [2.45, 2.75) is 39.0 Å². The SMILES string of the molecule is COC(C)C(C)N[C@H](C)c1ccc(F)cc1. The maximum absolute atomic E-state index is 12.8. The molecule has 0 amide bonds. The van der Waals surface area contributed by atoms with Gasteiger partial charge >= 0.3 is 0 Å². The van der Waals surface area contributed by atoms with Gasteiger partial charge in [-0.25, -0.2) is 4.39 Å². The van der Waals surface area contributed by atoms with Crippen LogP contribution in [0.4, 0.5) is 4.39 Å². The van der Waals surface area contributed by atoms with Gasteiger partial charge in [-0.05, 0) is 38.5 Å². The average molecular weight is 225 g/mol. The number of ether oxygens (including phenoxy) is 1. The van der Waals surface area contributed by atoms with Gasteiger partial charge in [0.05, 0.1) is 6.10 Å². The molecule has 0 bridgehead atoms. The quantitative estimate of drug-likeness (QED) is 0.832. The molecule has 0 aliphatic rings. The molecule has 0 aliphatic heterocycles. The zero-order valence-electron chi connectivity index (χ0n) is 10.3. The summed E-state index contributed by atoms with van der Waals surface area (Å²) in [5.74, 6) is -0.200. The summed E-state index contributed by atoms with van der Waals surface area (Å²) >= 11 is 0. The lowest BCUT2D eigenvalue weighted by atomic mass is 10.1. The molecule has 0 radical (unpaired) electrons. The highest BCUT2D eigenvalue weighted by Gasteiger charge is 2.14. The first-order valence-electron chi connectivity index (χ1n) is 5.59. The molecule has 2 nitrogen and oxygen atoms in total. The minimum absolute atomic E-state index is 0.155. The Hall–Kier alpha value is -0.930. The summed E-state index contributed by atoms with van der Waals surface area (Å²) in [7, 11) is 1.70. The molecule has 1 aromatic rings. The van der Waals surface area contributed by atoms with Gasteiger partial charge in [0, 0.05) is 19.2 Å². The van der Waals surface area contributed by atoms with E-state index in [1.54, 1.807) is 19.2 Å². The lowest BCUT2D eigenvalue weighted by Gasteiger charge is -2.24. The Morgan fingerprint density at radius 3 is 2.19 bits per heavy atom. The smallest absolute Gasteiger partial charge is 0.123 e. The monoisotopic (exact) mass is 225 g/mol. The molecule has 2 unspecified atom stereocenters. The van der Waals surface area contributed by atoms with Gasteiger partial charge in [-0.1, -0.05) is 12.1 Å². The van der Waals surface area contributed by atoms with Crippen molar-refractivity contribution >= 4 is 0 Å². The molecule has 0 heterocycles. The fourth-order valence-electron chi connectivity index (χ4n) is 1.58. The van der Waals surface area contributed by atoms with Crippen molar-refractivity contribution in [3.05, 3.63) is 35.6 Å². The third-order valence-corrected chi connectivity index (χ3v) is 2.96. The van der Waals surface area contributed by atoms with Crippen LogP contribution in [0.3, 0.4) is 0 Å². The summed E-state index contributed by atoms with van der Waals surface area (Å²) in [5.41, 5.74) is 1.08. The minimum atomic E-state index is -0.200. The molecule has 0 saturated carbocycles. The van der Waals surface area contributed by atoms with E-state index in [0.29, 0.717) is 0 Å². The third kappa shape index (κ3) is 3.58. The van der Waals surface area contributed by atoms with Crippen LogP contribution in [0.15, 0.2) is 24.3 Å². The molecule has 3 atom stereocenters. The van der Waals surface area contributed by atoms with Crippen LogP contribution in [0.1, 0.15) is 32.4 Å². The van der Waals surface area contributed by atoms with E-state index in [9.17, 15) is 4.39 Å². The molecule has 90 valence electrons. The summed E-state index contributed by atoms with van der Waals surface area (Å²) in [6.45, 7) is 6.16. The number of hydrogen-bond donors (Lipinski definition) is 1. The number of halogens is 1. The Morgan fingerprint density at radius 1 is 1.12 bits per heavy atom. The predicted molar refractivity (Wildman–Crippen MR) is 63.9 cm³/mol. The number of rotatable bonds is 5. The highest BCUT2D eigenvalue weighted by molar-refractivity contribution is 5.19. The van der Waals surface area contributed by atoms with Crippen LogP contribution in [0.25, 0.3) is 0 Å². The highest BCUT2D eigenvalue weighted by Crippen LogP contribution is 2.14. The Kier molecular flexibility index (Phi) is 4.90. The molecular formula is C13H20FNO. The minimum Gasteiger partial charge on any atom is -0.380 e. The van der Waals surface area contributed by atoms with E-state index in [1.807, 2.05) is 6.92 Å². The topological polar surface area (TPSA) is 21.3 Å². The van der Waals surface area contributed by atoms with Crippen LogP contribution >= 0.6 is 0 Å². The summed E-state index contributed by atoms with van der Waals surface area (Å²) < 4.78 is 18.0. The molecule has 0 fully saturated rings. The van der Waals surface area contributed by atoms with E-state index in [-0.39, 0.29) is 24.0 Å². The normalized spacial score (nSPS) is 16.8. The van der Waals surface area contributed by atoms with Crippen LogP contribution in [0, 0.1) is 5.82 Å². The summed E-state index contributed by atoms with van der Waals surface area (Å²) in [6.07, 6.45) is 0.155. The predicted octanol–water partition coefficient (Wildman–Crippen LogP) is 2.90. The molecule has 1 rings (SSSR count). The first kappa shape index (κ1) is 13.1. The lowest BCUT2D eigenvalue weighted by molar-refractivity contribution is 0.0852. The van der Waals surface area contributed by atoms with Gasteiger partial charge in [-0.3, -0.25) is 0 Å². The van der Waals surface area contributed by atoms with Crippen molar-refractivity contribution in [3.8, 4) is 0 Å². The van der Waals surface area contributed by atoms with E-state index in [0.717, 1.165) is 5.56 Å². The molecule has 0 spiro atoms. The molecule has 3 heteroatoms. The van der Waals surface area contributed by atoms with Crippen LogP contribution in [0.2, 0.25) is 0 Å². The van der Waals surface area contributed by atoms with E-state index in [4.69, 9.17) is 4.74 Å². The van der Waals surface area contributed by atoms with Crippen molar-refractivity contribution in [1.29, 1.82) is 0 Å². The molecule has 1 N–H and O–H groups in total. The molecule has 0 saturated heterocycles. The fourth-order valence-corrected chi connectivity index (χ4v) is 1.58. The summed E-state index contributed by atoms with van der Waals surface area (Å²) in [4.78, 5) is 0. The zero-order valence-corrected chi connectivity index (χ0v) is 10.3. The van der Waals surface area contributed by atoms with Crippen molar-refractivity contribution in [1.82, 2.24) is 5.32 Å². The van der Waals surface area contributed by atoms with Crippen LogP contribution in [-0.2, 0) is 4.74 Å². The standard InChI is InChI=1S/C13H20FNO/c1-9(11(3)16-4)15-10(2)12-5-7-13(14)8-6-12/h5-11,15H,1-4H3/t9?,10-,11?/m1/s1. The van der Waals surface area contributed by atoms with Gasteiger partial charge in [0.25, 0.3) is 0 Å². The number of methoxy groups -OCH3 is 1. The average Bonchev–Trinajstić information content (AvgIpc) is 2.28. The van der Waals surface area contributed by atoms with Gasteiger partial charge in [0.1, 0.15) is 5.82 Å². The second-order valence-corrected chi connectivity index (χ2v) is 4.17. The van der Waals surface area contributed by atoms with Crippen LogP contribution in [-0.4, -0.2) is 19.3 Å².